The Morgan fingerprint density at radius 3 is 2.31 bits per heavy atom. The van der Waals surface area contributed by atoms with Crippen LogP contribution in [0.2, 0.25) is 0 Å². The number of carbonyl (C=O) groups is 2. The van der Waals surface area contributed by atoms with Crippen LogP contribution in [0.4, 0.5) is 0 Å². The lowest BCUT2D eigenvalue weighted by atomic mass is 9.67. The number of hydrogen-bond acceptors (Lipinski definition) is 8. The zero-order valence-electron chi connectivity index (χ0n) is 21.2. The van der Waals surface area contributed by atoms with Crippen molar-refractivity contribution in [1.29, 1.82) is 0 Å². The van der Waals surface area contributed by atoms with Crippen LogP contribution in [-0.2, 0) is 14.3 Å². The Labute approximate surface area is 207 Å². The standard InChI is InChI=1S/C26H42O9/c1-15-19(27)7-6-16(14-35-23(32)13-25(4,34)12-22(30)31)10-21(29)26(5)9-8-17(24(2,3)33)18(26)11-20(15)28/h10,17-21,27-29,33-34H,1,6-9,11-14H2,2-5H3,(H,30,31)/b16-10-/t17-,18+,19-,20-,21+,25-,26+/m1/s1. The van der Waals surface area contributed by atoms with Gasteiger partial charge in [0.2, 0.25) is 0 Å². The van der Waals surface area contributed by atoms with Gasteiger partial charge in [0, 0.05) is 5.41 Å². The number of ether oxygens (including phenoxy) is 1. The lowest BCUT2D eigenvalue weighted by molar-refractivity contribution is -0.151. The fourth-order valence-electron chi connectivity index (χ4n) is 5.62. The van der Waals surface area contributed by atoms with Crippen LogP contribution in [0.3, 0.4) is 0 Å². The number of carboxylic acids is 1. The Bertz CT molecular complexity index is 825. The van der Waals surface area contributed by atoms with Gasteiger partial charge in [-0.2, -0.15) is 0 Å². The van der Waals surface area contributed by atoms with Crippen LogP contribution in [0.15, 0.2) is 23.8 Å². The third-order valence-corrected chi connectivity index (χ3v) is 7.85. The molecule has 0 amide bonds. The molecule has 7 atom stereocenters. The molecule has 9 nitrogen and oxygen atoms in total. The van der Waals surface area contributed by atoms with Crippen molar-refractivity contribution in [3.05, 3.63) is 23.8 Å². The molecule has 0 aromatic rings. The average Bonchev–Trinajstić information content (AvgIpc) is 3.04. The van der Waals surface area contributed by atoms with Gasteiger partial charge in [-0.15, -0.1) is 0 Å². The van der Waals surface area contributed by atoms with Crippen molar-refractivity contribution in [2.45, 2.75) is 102 Å². The topological polar surface area (TPSA) is 165 Å². The molecule has 0 radical (unpaired) electrons. The molecule has 2 rings (SSSR count). The van der Waals surface area contributed by atoms with Crippen LogP contribution in [-0.4, -0.2) is 78.7 Å². The molecule has 0 bridgehead atoms. The maximum absolute atomic E-state index is 12.3. The quantitative estimate of drug-likeness (QED) is 0.226. The van der Waals surface area contributed by atoms with Crippen LogP contribution >= 0.6 is 0 Å². The molecule has 0 spiro atoms. The van der Waals surface area contributed by atoms with E-state index in [-0.39, 0.29) is 43.3 Å². The van der Waals surface area contributed by atoms with Crippen molar-refractivity contribution in [3.63, 3.8) is 0 Å². The van der Waals surface area contributed by atoms with Gasteiger partial charge in [-0.3, -0.25) is 9.59 Å². The summed E-state index contributed by atoms with van der Waals surface area (Å²) in [5, 5.41) is 62.5. The summed E-state index contributed by atoms with van der Waals surface area (Å²) >= 11 is 0. The van der Waals surface area contributed by atoms with Crippen molar-refractivity contribution in [2.24, 2.45) is 17.3 Å². The molecule has 0 aromatic heterocycles. The van der Waals surface area contributed by atoms with Gasteiger partial charge in [0.1, 0.15) is 6.61 Å². The highest BCUT2D eigenvalue weighted by molar-refractivity contribution is 5.73. The van der Waals surface area contributed by atoms with Crippen LogP contribution < -0.4 is 0 Å². The molecule has 2 aliphatic carbocycles. The normalized spacial score (nSPS) is 35.7. The Balaban J connectivity index is 2.28. The van der Waals surface area contributed by atoms with Gasteiger partial charge in [-0.1, -0.05) is 19.6 Å². The van der Waals surface area contributed by atoms with E-state index in [1.807, 2.05) is 6.92 Å². The summed E-state index contributed by atoms with van der Waals surface area (Å²) in [4.78, 5) is 23.1. The fraction of sp³-hybridized carbons (Fsp3) is 0.769. The van der Waals surface area contributed by atoms with Gasteiger partial charge in [-0.05, 0) is 75.9 Å². The van der Waals surface area contributed by atoms with E-state index in [2.05, 4.69) is 6.58 Å². The molecule has 0 saturated heterocycles. The molecule has 6 N–H and O–H groups in total. The highest BCUT2D eigenvalue weighted by Gasteiger charge is 2.53. The summed E-state index contributed by atoms with van der Waals surface area (Å²) in [5.74, 6) is -2.47. The molecular formula is C26H42O9. The minimum absolute atomic E-state index is 0.186. The van der Waals surface area contributed by atoms with E-state index in [1.165, 1.54) is 6.92 Å². The van der Waals surface area contributed by atoms with E-state index < -0.39 is 59.7 Å². The SMILES string of the molecule is C=C1[C@H](O)CC/C(COC(=O)C[C@](C)(O)CC(=O)O)=C/[C@H](O)[C@@]2(C)CC[C@@H](C(C)(C)O)[C@@H]2C[C@H]1O. The van der Waals surface area contributed by atoms with Crippen molar-refractivity contribution in [2.75, 3.05) is 6.61 Å². The van der Waals surface area contributed by atoms with E-state index in [0.717, 1.165) is 0 Å². The third-order valence-electron chi connectivity index (χ3n) is 7.85. The first-order valence-corrected chi connectivity index (χ1v) is 12.2. The number of aliphatic hydroxyl groups is 5. The van der Waals surface area contributed by atoms with Gasteiger partial charge in [-0.25, -0.2) is 0 Å². The first-order chi connectivity index (χ1) is 16.0. The molecular weight excluding hydrogens is 456 g/mol. The summed E-state index contributed by atoms with van der Waals surface area (Å²) < 4.78 is 5.29. The maximum Gasteiger partial charge on any atom is 0.309 e. The second-order valence-electron chi connectivity index (χ2n) is 11.5. The Morgan fingerprint density at radius 1 is 1.11 bits per heavy atom. The van der Waals surface area contributed by atoms with Crippen LogP contribution in [0, 0.1) is 17.3 Å². The molecule has 1 fully saturated rings. The zero-order valence-corrected chi connectivity index (χ0v) is 21.2. The number of fused-ring (bicyclic) bond motifs is 1. The van der Waals surface area contributed by atoms with E-state index in [0.29, 0.717) is 18.4 Å². The molecule has 35 heavy (non-hydrogen) atoms. The zero-order chi connectivity index (χ0) is 26.8. The molecule has 200 valence electrons. The van der Waals surface area contributed by atoms with Crippen molar-refractivity contribution < 1.29 is 45.0 Å². The summed E-state index contributed by atoms with van der Waals surface area (Å²) in [5.41, 5.74) is -2.64. The molecule has 0 heterocycles. The molecule has 1 saturated carbocycles. The summed E-state index contributed by atoms with van der Waals surface area (Å²) in [6.07, 6.45) is -0.501. The van der Waals surface area contributed by atoms with Crippen molar-refractivity contribution in [3.8, 4) is 0 Å². The van der Waals surface area contributed by atoms with Gasteiger partial charge >= 0.3 is 11.9 Å². The molecule has 0 unspecified atom stereocenters. The highest BCUT2D eigenvalue weighted by Crippen LogP contribution is 2.55. The number of esters is 1. The summed E-state index contributed by atoms with van der Waals surface area (Å²) in [6.45, 7) is 10.3. The summed E-state index contributed by atoms with van der Waals surface area (Å²) in [7, 11) is 0. The predicted molar refractivity (Wildman–Crippen MR) is 128 cm³/mol. The van der Waals surface area contributed by atoms with Crippen LogP contribution in [0.5, 0.6) is 0 Å². The number of rotatable bonds is 7. The van der Waals surface area contributed by atoms with Crippen LogP contribution in [0.1, 0.15) is 72.6 Å². The van der Waals surface area contributed by atoms with Crippen molar-refractivity contribution >= 4 is 11.9 Å². The minimum atomic E-state index is -1.76. The lowest BCUT2D eigenvalue weighted by Gasteiger charge is -2.41. The molecule has 2 aliphatic rings. The van der Waals surface area contributed by atoms with Gasteiger partial charge < -0.3 is 35.4 Å². The summed E-state index contributed by atoms with van der Waals surface area (Å²) in [6, 6.07) is 0. The van der Waals surface area contributed by atoms with E-state index in [1.54, 1.807) is 19.9 Å². The number of aliphatic hydroxyl groups excluding tert-OH is 3. The second kappa shape index (κ2) is 11.1. The first-order valence-electron chi connectivity index (χ1n) is 12.2. The van der Waals surface area contributed by atoms with Crippen molar-refractivity contribution in [1.82, 2.24) is 0 Å². The fourth-order valence-corrected chi connectivity index (χ4v) is 5.62. The van der Waals surface area contributed by atoms with E-state index in [9.17, 15) is 35.1 Å². The number of hydrogen-bond donors (Lipinski definition) is 6. The van der Waals surface area contributed by atoms with E-state index >= 15 is 0 Å². The lowest BCUT2D eigenvalue weighted by Crippen LogP contribution is -2.43. The highest BCUT2D eigenvalue weighted by atomic mass is 16.5. The number of aliphatic carboxylic acids is 1. The van der Waals surface area contributed by atoms with Gasteiger partial charge in [0.05, 0.1) is 42.4 Å². The molecule has 0 aliphatic heterocycles. The van der Waals surface area contributed by atoms with Gasteiger partial charge in [0.25, 0.3) is 0 Å². The van der Waals surface area contributed by atoms with E-state index in [4.69, 9.17) is 9.84 Å². The first kappa shape index (κ1) is 29.5. The number of carboxylic acid groups (broad SMARTS) is 1. The maximum atomic E-state index is 12.3. The Kier molecular flexibility index (Phi) is 9.33. The monoisotopic (exact) mass is 498 g/mol. The van der Waals surface area contributed by atoms with Gasteiger partial charge in [0.15, 0.2) is 0 Å². The third kappa shape index (κ3) is 7.60. The Morgan fingerprint density at radius 2 is 1.74 bits per heavy atom. The number of carbonyl (C=O) groups excluding carboxylic acids is 1. The Hall–Kier alpha value is -1.78. The second-order valence-corrected chi connectivity index (χ2v) is 11.5. The molecule has 0 aromatic carbocycles. The largest absolute Gasteiger partial charge is 0.481 e. The minimum Gasteiger partial charge on any atom is -0.481 e. The van der Waals surface area contributed by atoms with Crippen LogP contribution in [0.25, 0.3) is 0 Å². The molecule has 9 heteroatoms. The average molecular weight is 499 g/mol. The smallest absolute Gasteiger partial charge is 0.309 e. The predicted octanol–water partition coefficient (Wildman–Crippen LogP) is 1.70.